The number of benzene rings is 1. The van der Waals surface area contributed by atoms with Crippen LogP contribution in [0.15, 0.2) is 18.2 Å². The van der Waals surface area contributed by atoms with Crippen LogP contribution in [-0.4, -0.2) is 10.7 Å². The maximum atomic E-state index is 5.42. The summed E-state index contributed by atoms with van der Waals surface area (Å²) in [6, 6.07) is 6.46. The highest BCUT2D eigenvalue weighted by Crippen LogP contribution is 2.28. The van der Waals surface area contributed by atoms with E-state index in [0.29, 0.717) is 11.0 Å². The first-order valence-electron chi connectivity index (χ1n) is 6.95. The van der Waals surface area contributed by atoms with E-state index in [-0.39, 0.29) is 5.54 Å². The molecule has 0 radical (unpaired) electrons. The Hall–Kier alpha value is -1.09. The van der Waals surface area contributed by atoms with E-state index in [9.17, 15) is 0 Å². The molecule has 1 rings (SSSR count). The fourth-order valence-electron chi connectivity index (χ4n) is 2.03. The Balaban J connectivity index is 3.01. The molecule has 0 unspecified atom stereocenters. The second-order valence-electron chi connectivity index (χ2n) is 6.22. The molecule has 0 heterocycles. The summed E-state index contributed by atoms with van der Waals surface area (Å²) < 4.78 is 0. The van der Waals surface area contributed by atoms with Crippen LogP contribution in [0.4, 0.5) is 5.69 Å². The lowest BCUT2D eigenvalue weighted by molar-refractivity contribution is 0.515. The molecule has 19 heavy (non-hydrogen) atoms. The molecule has 2 N–H and O–H groups in total. The van der Waals surface area contributed by atoms with Crippen LogP contribution in [0.2, 0.25) is 0 Å². The Morgan fingerprint density at radius 3 is 2.37 bits per heavy atom. The fourth-order valence-corrected chi connectivity index (χ4v) is 2.44. The third-order valence-corrected chi connectivity index (χ3v) is 3.12. The van der Waals surface area contributed by atoms with Crippen LogP contribution < -0.4 is 10.6 Å². The normalized spacial score (nSPS) is 11.5. The van der Waals surface area contributed by atoms with Crippen molar-refractivity contribution in [1.29, 1.82) is 0 Å². The van der Waals surface area contributed by atoms with Gasteiger partial charge in [-0.3, -0.25) is 0 Å². The molecule has 0 aromatic heterocycles. The van der Waals surface area contributed by atoms with E-state index in [4.69, 9.17) is 12.2 Å². The minimum absolute atomic E-state index is 0.0246. The molecular weight excluding hydrogens is 252 g/mol. The zero-order chi connectivity index (χ0) is 14.6. The third-order valence-electron chi connectivity index (χ3n) is 2.91. The number of rotatable bonds is 3. The number of aryl methyl sites for hydroxylation is 1. The van der Waals surface area contributed by atoms with Crippen molar-refractivity contribution in [2.75, 3.05) is 5.32 Å². The highest BCUT2D eigenvalue weighted by atomic mass is 32.1. The third kappa shape index (κ3) is 4.83. The highest BCUT2D eigenvalue weighted by molar-refractivity contribution is 7.80. The summed E-state index contributed by atoms with van der Waals surface area (Å²) in [5.74, 6) is 0.478. The number of nitrogens with one attached hydrogen (secondary N) is 2. The lowest BCUT2D eigenvalue weighted by Crippen LogP contribution is -2.43. The van der Waals surface area contributed by atoms with Gasteiger partial charge in [0.25, 0.3) is 0 Å². The molecule has 3 heteroatoms. The van der Waals surface area contributed by atoms with Crippen molar-refractivity contribution in [3.8, 4) is 0 Å². The second kappa shape index (κ2) is 6.38. The lowest BCUT2D eigenvalue weighted by Gasteiger charge is -2.25. The van der Waals surface area contributed by atoms with Crippen LogP contribution in [0.1, 0.15) is 58.6 Å². The smallest absolute Gasteiger partial charge is 0.171 e. The van der Waals surface area contributed by atoms with Gasteiger partial charge in [0.1, 0.15) is 0 Å². The van der Waals surface area contributed by atoms with E-state index in [2.05, 4.69) is 70.4 Å². The average Bonchev–Trinajstić information content (AvgIpc) is 2.26. The van der Waals surface area contributed by atoms with Crippen LogP contribution in [0.25, 0.3) is 0 Å². The van der Waals surface area contributed by atoms with Gasteiger partial charge in [0, 0.05) is 11.2 Å². The second-order valence-corrected chi connectivity index (χ2v) is 6.63. The summed E-state index contributed by atoms with van der Waals surface area (Å²) in [6.45, 7) is 12.9. The summed E-state index contributed by atoms with van der Waals surface area (Å²) in [5.41, 5.74) is 3.77. The molecule has 1 aromatic carbocycles. The van der Waals surface area contributed by atoms with Gasteiger partial charge in [-0.15, -0.1) is 0 Å². The predicted molar refractivity (Wildman–Crippen MR) is 89.0 cm³/mol. The van der Waals surface area contributed by atoms with Gasteiger partial charge in [-0.2, -0.15) is 0 Å². The maximum absolute atomic E-state index is 5.42. The molecule has 0 aliphatic heterocycles. The quantitative estimate of drug-likeness (QED) is 0.798. The van der Waals surface area contributed by atoms with E-state index in [0.717, 1.165) is 6.42 Å². The molecule has 0 fully saturated rings. The zero-order valence-corrected chi connectivity index (χ0v) is 13.7. The molecule has 0 saturated heterocycles. The monoisotopic (exact) mass is 278 g/mol. The number of anilines is 1. The molecular formula is C16H26N2S. The van der Waals surface area contributed by atoms with E-state index in [1.54, 1.807) is 0 Å². The summed E-state index contributed by atoms with van der Waals surface area (Å²) in [5, 5.41) is 7.38. The first-order valence-corrected chi connectivity index (χ1v) is 7.36. The number of thiocarbonyl (C=S) groups is 1. The van der Waals surface area contributed by atoms with Crippen molar-refractivity contribution in [3.63, 3.8) is 0 Å². The van der Waals surface area contributed by atoms with Gasteiger partial charge in [-0.25, -0.2) is 0 Å². The van der Waals surface area contributed by atoms with E-state index >= 15 is 0 Å². The summed E-state index contributed by atoms with van der Waals surface area (Å²) in [6.07, 6.45) is 1.00. The first kappa shape index (κ1) is 16.0. The molecule has 0 saturated carbocycles. The Kier molecular flexibility index (Phi) is 5.36. The van der Waals surface area contributed by atoms with Crippen molar-refractivity contribution in [2.45, 2.75) is 59.4 Å². The van der Waals surface area contributed by atoms with Crippen molar-refractivity contribution < 1.29 is 0 Å². The van der Waals surface area contributed by atoms with Gasteiger partial charge >= 0.3 is 0 Å². The van der Waals surface area contributed by atoms with Gasteiger partial charge in [0.15, 0.2) is 5.11 Å². The Morgan fingerprint density at radius 2 is 1.89 bits per heavy atom. The molecule has 1 aromatic rings. The fraction of sp³-hybridized carbons (Fsp3) is 0.562. The Morgan fingerprint density at radius 1 is 1.26 bits per heavy atom. The molecule has 0 spiro atoms. The molecule has 2 nitrogen and oxygen atoms in total. The SMILES string of the molecule is CCc1cccc(C(C)C)c1NC(=S)NC(C)(C)C. The van der Waals surface area contributed by atoms with Crippen molar-refractivity contribution >= 4 is 23.0 Å². The topological polar surface area (TPSA) is 24.1 Å². The molecule has 0 atom stereocenters. The van der Waals surface area contributed by atoms with E-state index in [1.807, 2.05) is 0 Å². The van der Waals surface area contributed by atoms with Crippen LogP contribution in [0, 0.1) is 0 Å². The van der Waals surface area contributed by atoms with Crippen LogP contribution in [-0.2, 0) is 6.42 Å². The Labute approximate surface area is 123 Å². The number of hydrogen-bond donors (Lipinski definition) is 2. The largest absolute Gasteiger partial charge is 0.358 e. The van der Waals surface area contributed by atoms with Gasteiger partial charge in [0.2, 0.25) is 0 Å². The molecule has 0 bridgehead atoms. The molecule has 0 aliphatic carbocycles. The minimum Gasteiger partial charge on any atom is -0.358 e. The van der Waals surface area contributed by atoms with Crippen molar-refractivity contribution in [2.24, 2.45) is 0 Å². The molecule has 106 valence electrons. The van der Waals surface area contributed by atoms with E-state index in [1.165, 1.54) is 16.8 Å². The zero-order valence-electron chi connectivity index (χ0n) is 12.9. The van der Waals surface area contributed by atoms with Crippen molar-refractivity contribution in [3.05, 3.63) is 29.3 Å². The number of hydrogen-bond acceptors (Lipinski definition) is 1. The lowest BCUT2D eigenvalue weighted by atomic mass is 9.96. The van der Waals surface area contributed by atoms with Gasteiger partial charge in [0.05, 0.1) is 0 Å². The van der Waals surface area contributed by atoms with Gasteiger partial charge < -0.3 is 10.6 Å². The van der Waals surface area contributed by atoms with E-state index < -0.39 is 0 Å². The highest BCUT2D eigenvalue weighted by Gasteiger charge is 2.15. The minimum atomic E-state index is -0.0246. The summed E-state index contributed by atoms with van der Waals surface area (Å²) in [4.78, 5) is 0. The Bertz CT molecular complexity index is 445. The van der Waals surface area contributed by atoms with Crippen LogP contribution >= 0.6 is 12.2 Å². The van der Waals surface area contributed by atoms with Gasteiger partial charge in [-0.1, -0.05) is 39.0 Å². The van der Waals surface area contributed by atoms with Crippen LogP contribution in [0.3, 0.4) is 0 Å². The molecule has 0 amide bonds. The first-order chi connectivity index (χ1) is 8.74. The number of para-hydroxylation sites is 1. The van der Waals surface area contributed by atoms with Crippen molar-refractivity contribution in [1.82, 2.24) is 5.32 Å². The summed E-state index contributed by atoms with van der Waals surface area (Å²) >= 11 is 5.42. The molecule has 0 aliphatic rings. The van der Waals surface area contributed by atoms with Gasteiger partial charge in [-0.05, 0) is 56.5 Å². The average molecular weight is 278 g/mol. The maximum Gasteiger partial charge on any atom is 0.171 e. The van der Waals surface area contributed by atoms with Crippen LogP contribution in [0.5, 0.6) is 0 Å². The standard InChI is InChI=1S/C16H26N2S/c1-7-12-9-8-10-13(11(2)3)14(12)17-15(19)18-16(4,5)6/h8-11H,7H2,1-6H3,(H2,17,18,19). The summed E-state index contributed by atoms with van der Waals surface area (Å²) in [7, 11) is 0. The predicted octanol–water partition coefficient (Wildman–Crippen LogP) is 4.46.